The maximum atomic E-state index is 12.1. The van der Waals surface area contributed by atoms with Crippen molar-refractivity contribution in [1.29, 1.82) is 0 Å². The summed E-state index contributed by atoms with van der Waals surface area (Å²) in [7, 11) is 3.66. The average molecular weight is 213 g/mol. The first-order chi connectivity index (χ1) is 6.35. The van der Waals surface area contributed by atoms with Crippen molar-refractivity contribution in [1.82, 2.24) is 9.80 Å². The Balaban J connectivity index is 3.89. The lowest BCUT2D eigenvalue weighted by Crippen LogP contribution is -2.41. The first-order valence-corrected chi connectivity index (χ1v) is 4.49. The summed E-state index contributed by atoms with van der Waals surface area (Å²) in [4.78, 5) is 3.17. The second-order valence-corrected chi connectivity index (χ2v) is 3.48. The molecule has 0 rings (SSSR count). The molecule has 0 saturated carbocycles. The molecule has 0 saturated heterocycles. The zero-order valence-corrected chi connectivity index (χ0v) is 8.64. The predicted molar refractivity (Wildman–Crippen MR) is 50.1 cm³/mol. The number of rotatable bonds is 6. The van der Waals surface area contributed by atoms with Gasteiger partial charge in [0, 0.05) is 26.2 Å². The number of halogens is 3. The van der Waals surface area contributed by atoms with Gasteiger partial charge in [0.05, 0.1) is 6.54 Å². The normalized spacial score (nSPS) is 12.9. The Kier molecular flexibility index (Phi) is 6.06. The summed E-state index contributed by atoms with van der Waals surface area (Å²) >= 11 is 0. The molecule has 0 spiro atoms. The van der Waals surface area contributed by atoms with Gasteiger partial charge in [-0.05, 0) is 14.1 Å². The second kappa shape index (κ2) is 6.21. The van der Waals surface area contributed by atoms with E-state index in [-0.39, 0.29) is 13.1 Å². The van der Waals surface area contributed by atoms with Gasteiger partial charge in [-0.2, -0.15) is 13.2 Å². The van der Waals surface area contributed by atoms with E-state index < -0.39 is 12.7 Å². The van der Waals surface area contributed by atoms with Gasteiger partial charge in [-0.15, -0.1) is 0 Å². The van der Waals surface area contributed by atoms with E-state index in [1.165, 1.54) is 4.90 Å². The van der Waals surface area contributed by atoms with Crippen LogP contribution in [0.5, 0.6) is 0 Å². The molecule has 0 aliphatic rings. The van der Waals surface area contributed by atoms with Crippen molar-refractivity contribution in [2.24, 2.45) is 5.73 Å². The Morgan fingerprint density at radius 2 is 1.64 bits per heavy atom. The molecular weight excluding hydrogens is 195 g/mol. The van der Waals surface area contributed by atoms with Gasteiger partial charge in [-0.1, -0.05) is 0 Å². The Morgan fingerprint density at radius 1 is 1.07 bits per heavy atom. The van der Waals surface area contributed by atoms with Crippen molar-refractivity contribution in [3.05, 3.63) is 0 Å². The van der Waals surface area contributed by atoms with Crippen molar-refractivity contribution in [2.45, 2.75) is 6.18 Å². The SMILES string of the molecule is CN(C)CCN(CCN)CC(F)(F)F. The molecule has 3 nitrogen and oxygen atoms in total. The fourth-order valence-electron chi connectivity index (χ4n) is 1.05. The largest absolute Gasteiger partial charge is 0.401 e. The molecule has 86 valence electrons. The average Bonchev–Trinajstić information content (AvgIpc) is 1.98. The molecular formula is C8H18F3N3. The highest BCUT2D eigenvalue weighted by Gasteiger charge is 2.30. The van der Waals surface area contributed by atoms with E-state index in [9.17, 15) is 13.2 Å². The fraction of sp³-hybridized carbons (Fsp3) is 1.00. The lowest BCUT2D eigenvalue weighted by Gasteiger charge is -2.24. The smallest absolute Gasteiger partial charge is 0.329 e. The molecule has 0 radical (unpaired) electrons. The van der Waals surface area contributed by atoms with Crippen LogP contribution in [0.3, 0.4) is 0 Å². The van der Waals surface area contributed by atoms with E-state index in [0.717, 1.165) is 0 Å². The highest BCUT2D eigenvalue weighted by Crippen LogP contribution is 2.15. The summed E-state index contributed by atoms with van der Waals surface area (Å²) in [6, 6.07) is 0. The van der Waals surface area contributed by atoms with E-state index >= 15 is 0 Å². The van der Waals surface area contributed by atoms with Crippen LogP contribution in [0.25, 0.3) is 0 Å². The van der Waals surface area contributed by atoms with Crippen LogP contribution in [0.1, 0.15) is 0 Å². The summed E-state index contributed by atoms with van der Waals surface area (Å²) in [5.41, 5.74) is 5.23. The van der Waals surface area contributed by atoms with E-state index in [2.05, 4.69) is 0 Å². The Labute approximate surface area is 82.7 Å². The highest BCUT2D eigenvalue weighted by atomic mass is 19.4. The van der Waals surface area contributed by atoms with Crippen molar-refractivity contribution in [3.8, 4) is 0 Å². The molecule has 6 heteroatoms. The van der Waals surface area contributed by atoms with Crippen LogP contribution in [0.15, 0.2) is 0 Å². The van der Waals surface area contributed by atoms with Crippen LogP contribution in [0, 0.1) is 0 Å². The number of nitrogens with two attached hydrogens (primary N) is 1. The summed E-state index contributed by atoms with van der Waals surface area (Å²) < 4.78 is 36.2. The summed E-state index contributed by atoms with van der Waals surface area (Å²) in [6.45, 7) is 0.661. The van der Waals surface area contributed by atoms with E-state index in [1.807, 2.05) is 19.0 Å². The minimum atomic E-state index is -4.14. The topological polar surface area (TPSA) is 32.5 Å². The summed E-state index contributed by atoms with van der Waals surface area (Å²) in [5, 5.41) is 0. The lowest BCUT2D eigenvalue weighted by atomic mass is 10.4. The van der Waals surface area contributed by atoms with Crippen LogP contribution < -0.4 is 5.73 Å². The molecule has 0 fully saturated rings. The molecule has 0 aromatic carbocycles. The van der Waals surface area contributed by atoms with Gasteiger partial charge in [0.2, 0.25) is 0 Å². The third-order valence-corrected chi connectivity index (χ3v) is 1.71. The minimum Gasteiger partial charge on any atom is -0.329 e. The molecule has 0 aliphatic carbocycles. The molecule has 2 N–H and O–H groups in total. The van der Waals surface area contributed by atoms with Gasteiger partial charge >= 0.3 is 6.18 Å². The first kappa shape index (κ1) is 13.7. The van der Waals surface area contributed by atoms with Gasteiger partial charge in [-0.25, -0.2) is 0 Å². The van der Waals surface area contributed by atoms with Gasteiger partial charge in [0.15, 0.2) is 0 Å². The molecule has 0 aliphatic heterocycles. The highest BCUT2D eigenvalue weighted by molar-refractivity contribution is 4.64. The molecule has 0 bridgehead atoms. The number of hydrogen-bond acceptors (Lipinski definition) is 3. The summed E-state index contributed by atoms with van der Waals surface area (Å²) in [5.74, 6) is 0. The number of likely N-dealkylation sites (N-methyl/N-ethyl adjacent to an activating group) is 1. The second-order valence-electron chi connectivity index (χ2n) is 3.48. The van der Waals surface area contributed by atoms with Crippen LogP contribution in [0.2, 0.25) is 0 Å². The molecule has 0 heterocycles. The van der Waals surface area contributed by atoms with Crippen molar-refractivity contribution in [3.63, 3.8) is 0 Å². The van der Waals surface area contributed by atoms with Crippen molar-refractivity contribution < 1.29 is 13.2 Å². The third kappa shape index (κ3) is 8.28. The third-order valence-electron chi connectivity index (χ3n) is 1.71. The standard InChI is InChI=1S/C8H18F3N3/c1-13(2)5-6-14(4-3-12)7-8(9,10)11/h3-7,12H2,1-2H3. The van der Waals surface area contributed by atoms with Crippen molar-refractivity contribution in [2.75, 3.05) is 46.8 Å². The van der Waals surface area contributed by atoms with Crippen LogP contribution in [-0.4, -0.2) is 62.8 Å². The fourth-order valence-corrected chi connectivity index (χ4v) is 1.05. The van der Waals surface area contributed by atoms with Crippen LogP contribution >= 0.6 is 0 Å². The predicted octanol–water partition coefficient (Wildman–Crippen LogP) is 0.371. The molecule has 0 unspecified atom stereocenters. The minimum absolute atomic E-state index is 0.253. The van der Waals surface area contributed by atoms with E-state index in [0.29, 0.717) is 13.1 Å². The number of hydrogen-bond donors (Lipinski definition) is 1. The summed E-state index contributed by atoms with van der Waals surface area (Å²) in [6.07, 6.45) is -4.14. The molecule has 14 heavy (non-hydrogen) atoms. The van der Waals surface area contributed by atoms with Crippen LogP contribution in [0.4, 0.5) is 13.2 Å². The van der Waals surface area contributed by atoms with Crippen molar-refractivity contribution >= 4 is 0 Å². The van der Waals surface area contributed by atoms with Crippen LogP contribution in [-0.2, 0) is 0 Å². The van der Waals surface area contributed by atoms with Gasteiger partial charge in [-0.3, -0.25) is 4.90 Å². The molecule has 0 atom stereocenters. The Morgan fingerprint density at radius 3 is 2.00 bits per heavy atom. The monoisotopic (exact) mass is 213 g/mol. The number of alkyl halides is 3. The van der Waals surface area contributed by atoms with E-state index in [4.69, 9.17) is 5.73 Å². The molecule has 0 aromatic rings. The quantitative estimate of drug-likeness (QED) is 0.692. The molecule has 0 aromatic heterocycles. The Hall–Kier alpha value is -0.330. The van der Waals surface area contributed by atoms with Gasteiger partial charge in [0.1, 0.15) is 0 Å². The Bertz CT molecular complexity index is 147. The molecule has 0 amide bonds. The van der Waals surface area contributed by atoms with Gasteiger partial charge in [0.25, 0.3) is 0 Å². The number of nitrogens with zero attached hydrogens (tertiary/aromatic N) is 2. The lowest BCUT2D eigenvalue weighted by molar-refractivity contribution is -0.145. The maximum absolute atomic E-state index is 12.1. The first-order valence-electron chi connectivity index (χ1n) is 4.49. The zero-order valence-electron chi connectivity index (χ0n) is 8.64. The van der Waals surface area contributed by atoms with Gasteiger partial charge < -0.3 is 10.6 Å². The van der Waals surface area contributed by atoms with E-state index in [1.54, 1.807) is 0 Å². The maximum Gasteiger partial charge on any atom is 0.401 e. The zero-order chi connectivity index (χ0) is 11.2.